The summed E-state index contributed by atoms with van der Waals surface area (Å²) in [6.45, 7) is 5.36. The molecule has 4 rings (SSSR count). The Hall–Kier alpha value is -2.05. The number of hydrogen-bond donors (Lipinski definition) is 0. The first-order valence-electron chi connectivity index (χ1n) is 9.33. The molecule has 1 aromatic heterocycles. The average molecular weight is 398 g/mol. The number of carbonyl (C=O) groups is 1. The van der Waals surface area contributed by atoms with Gasteiger partial charge in [-0.05, 0) is 35.6 Å². The highest BCUT2D eigenvalue weighted by Gasteiger charge is 2.23. The normalized spacial score (nSPS) is 14.7. The van der Waals surface area contributed by atoms with E-state index in [1.165, 1.54) is 9.60 Å². The van der Waals surface area contributed by atoms with E-state index in [0.717, 1.165) is 48.1 Å². The number of thiazole rings is 1. The molecule has 6 heteroatoms. The lowest BCUT2D eigenvalue weighted by molar-refractivity contribution is -0.130. The summed E-state index contributed by atoms with van der Waals surface area (Å²) in [4.78, 5) is 22.9. The van der Waals surface area contributed by atoms with E-state index < -0.39 is 0 Å². The summed E-state index contributed by atoms with van der Waals surface area (Å²) in [5, 5.41) is 1.06. The monoisotopic (exact) mass is 397 g/mol. The molecule has 0 spiro atoms. The fourth-order valence-electron chi connectivity index (χ4n) is 3.30. The maximum absolute atomic E-state index is 12.7. The largest absolute Gasteiger partial charge is 0.345 e. The molecule has 1 aliphatic rings. The van der Waals surface area contributed by atoms with E-state index in [1.54, 1.807) is 11.3 Å². The lowest BCUT2D eigenvalue weighted by Gasteiger charge is -2.34. The van der Waals surface area contributed by atoms with Gasteiger partial charge in [-0.15, -0.1) is 11.8 Å². The fraction of sp³-hybridized carbons (Fsp3) is 0.333. The first-order valence-corrected chi connectivity index (χ1v) is 11.1. The number of carbonyl (C=O) groups excluding carboxylic acids is 1. The van der Waals surface area contributed by atoms with Crippen molar-refractivity contribution in [3.63, 3.8) is 0 Å². The number of benzene rings is 2. The summed E-state index contributed by atoms with van der Waals surface area (Å²) < 4.78 is 1.22. The molecule has 0 atom stereocenters. The topological polar surface area (TPSA) is 36.4 Å². The summed E-state index contributed by atoms with van der Waals surface area (Å²) in [5.41, 5.74) is 2.15. The molecule has 0 radical (unpaired) electrons. The van der Waals surface area contributed by atoms with Crippen LogP contribution in [0.15, 0.2) is 53.4 Å². The van der Waals surface area contributed by atoms with Crippen LogP contribution in [0.4, 0.5) is 5.13 Å². The van der Waals surface area contributed by atoms with Crippen molar-refractivity contribution in [2.24, 2.45) is 0 Å². The minimum Gasteiger partial charge on any atom is -0.345 e. The number of thioether (sulfide) groups is 1. The quantitative estimate of drug-likeness (QED) is 0.602. The van der Waals surface area contributed by atoms with Gasteiger partial charge in [-0.1, -0.05) is 42.5 Å². The highest BCUT2D eigenvalue weighted by molar-refractivity contribution is 7.99. The van der Waals surface area contributed by atoms with Crippen LogP contribution >= 0.6 is 23.1 Å². The molecule has 0 saturated carbocycles. The van der Waals surface area contributed by atoms with Crippen LogP contribution in [0.2, 0.25) is 0 Å². The van der Waals surface area contributed by atoms with E-state index in [1.807, 2.05) is 28.8 Å². The molecule has 1 fully saturated rings. The predicted molar refractivity (Wildman–Crippen MR) is 115 cm³/mol. The lowest BCUT2D eigenvalue weighted by Crippen LogP contribution is -2.49. The van der Waals surface area contributed by atoms with Crippen LogP contribution in [0.1, 0.15) is 12.5 Å². The van der Waals surface area contributed by atoms with Gasteiger partial charge in [0.15, 0.2) is 5.13 Å². The van der Waals surface area contributed by atoms with Crippen LogP contribution in [-0.4, -0.2) is 47.7 Å². The van der Waals surface area contributed by atoms with E-state index in [4.69, 9.17) is 4.98 Å². The molecule has 1 saturated heterocycles. The molecule has 0 bridgehead atoms. The average Bonchev–Trinajstić information content (AvgIpc) is 3.14. The van der Waals surface area contributed by atoms with Crippen molar-refractivity contribution < 1.29 is 4.79 Å². The maximum atomic E-state index is 12.7. The number of hydrogen-bond acceptors (Lipinski definition) is 5. The van der Waals surface area contributed by atoms with Crippen LogP contribution in [0.25, 0.3) is 10.2 Å². The SMILES string of the molecule is CCSc1ccc(CC(=O)N2CCN(c3nc4ccccc4s3)CC2)cc1. The molecule has 140 valence electrons. The van der Waals surface area contributed by atoms with Crippen molar-refractivity contribution in [2.45, 2.75) is 18.2 Å². The number of rotatable bonds is 5. The summed E-state index contributed by atoms with van der Waals surface area (Å²) in [6.07, 6.45) is 0.484. The third-order valence-electron chi connectivity index (χ3n) is 4.78. The molecular formula is C21H23N3OS2. The van der Waals surface area contributed by atoms with Crippen LogP contribution in [0, 0.1) is 0 Å². The van der Waals surface area contributed by atoms with E-state index in [-0.39, 0.29) is 5.91 Å². The molecule has 27 heavy (non-hydrogen) atoms. The van der Waals surface area contributed by atoms with Gasteiger partial charge >= 0.3 is 0 Å². The van der Waals surface area contributed by atoms with Crippen molar-refractivity contribution in [1.29, 1.82) is 0 Å². The Morgan fingerprint density at radius 2 is 1.81 bits per heavy atom. The van der Waals surface area contributed by atoms with Crippen molar-refractivity contribution >= 4 is 44.4 Å². The van der Waals surface area contributed by atoms with Crippen molar-refractivity contribution in [3.05, 3.63) is 54.1 Å². The Balaban J connectivity index is 1.33. The van der Waals surface area contributed by atoms with Gasteiger partial charge in [-0.3, -0.25) is 4.79 Å². The third-order valence-corrected chi connectivity index (χ3v) is 6.77. The summed E-state index contributed by atoms with van der Waals surface area (Å²) >= 11 is 3.56. The Morgan fingerprint density at radius 1 is 1.07 bits per heavy atom. The number of anilines is 1. The molecule has 0 unspecified atom stereocenters. The minimum atomic E-state index is 0.217. The molecule has 1 aliphatic heterocycles. The summed E-state index contributed by atoms with van der Waals surface area (Å²) in [5.74, 6) is 1.28. The van der Waals surface area contributed by atoms with Gasteiger partial charge in [0.1, 0.15) is 0 Å². The zero-order valence-electron chi connectivity index (χ0n) is 15.4. The molecule has 2 heterocycles. The van der Waals surface area contributed by atoms with E-state index in [9.17, 15) is 4.79 Å². The summed E-state index contributed by atoms with van der Waals surface area (Å²) in [7, 11) is 0. The van der Waals surface area contributed by atoms with Crippen molar-refractivity contribution in [3.8, 4) is 0 Å². The molecule has 3 aromatic rings. The number of piperazine rings is 1. The number of aromatic nitrogens is 1. The van der Waals surface area contributed by atoms with Gasteiger partial charge in [0.2, 0.25) is 5.91 Å². The Labute approximate surface area is 168 Å². The fourth-order valence-corrected chi connectivity index (χ4v) is 4.98. The van der Waals surface area contributed by atoms with Gasteiger partial charge in [-0.25, -0.2) is 4.98 Å². The number of amides is 1. The second-order valence-corrected chi connectivity index (χ2v) is 8.93. The smallest absolute Gasteiger partial charge is 0.227 e. The molecule has 0 N–H and O–H groups in total. The van der Waals surface area contributed by atoms with Crippen molar-refractivity contribution in [2.75, 3.05) is 36.8 Å². The Morgan fingerprint density at radius 3 is 2.52 bits per heavy atom. The van der Waals surface area contributed by atoms with Crippen LogP contribution in [0.3, 0.4) is 0 Å². The first kappa shape index (κ1) is 18.3. The molecule has 2 aromatic carbocycles. The molecular weight excluding hydrogens is 374 g/mol. The summed E-state index contributed by atoms with van der Waals surface area (Å²) in [6, 6.07) is 16.6. The highest BCUT2D eigenvalue weighted by atomic mass is 32.2. The standard InChI is InChI=1S/C21H23N3OS2/c1-2-26-17-9-7-16(8-10-17)15-20(25)23-11-13-24(14-12-23)21-22-18-5-3-4-6-19(18)27-21/h3-10H,2,11-15H2,1H3. The van der Waals surface area contributed by atoms with Crippen LogP contribution in [0.5, 0.6) is 0 Å². The van der Waals surface area contributed by atoms with Gasteiger partial charge in [0, 0.05) is 31.1 Å². The number of fused-ring (bicyclic) bond motifs is 1. The van der Waals surface area contributed by atoms with E-state index in [2.05, 4.69) is 48.2 Å². The Bertz CT molecular complexity index is 882. The zero-order valence-corrected chi connectivity index (χ0v) is 17.1. The zero-order chi connectivity index (χ0) is 18.6. The van der Waals surface area contributed by atoms with Crippen LogP contribution < -0.4 is 4.90 Å². The molecule has 4 nitrogen and oxygen atoms in total. The minimum absolute atomic E-state index is 0.217. The van der Waals surface area contributed by atoms with E-state index in [0.29, 0.717) is 6.42 Å². The van der Waals surface area contributed by atoms with Gasteiger partial charge in [0.05, 0.1) is 16.6 Å². The Kier molecular flexibility index (Phi) is 5.64. The number of para-hydroxylation sites is 1. The van der Waals surface area contributed by atoms with Gasteiger partial charge < -0.3 is 9.80 Å². The molecule has 0 aliphatic carbocycles. The predicted octanol–water partition coefficient (Wildman–Crippen LogP) is 4.30. The first-order chi connectivity index (χ1) is 13.2. The van der Waals surface area contributed by atoms with E-state index >= 15 is 0 Å². The van der Waals surface area contributed by atoms with Gasteiger partial charge in [-0.2, -0.15) is 0 Å². The second kappa shape index (κ2) is 8.31. The van der Waals surface area contributed by atoms with Crippen molar-refractivity contribution in [1.82, 2.24) is 9.88 Å². The molecule has 1 amide bonds. The second-order valence-electron chi connectivity index (χ2n) is 6.59. The maximum Gasteiger partial charge on any atom is 0.227 e. The lowest BCUT2D eigenvalue weighted by atomic mass is 10.1. The van der Waals surface area contributed by atoms with Crippen LogP contribution in [-0.2, 0) is 11.2 Å². The third kappa shape index (κ3) is 4.28. The van der Waals surface area contributed by atoms with Gasteiger partial charge in [0.25, 0.3) is 0 Å². The highest BCUT2D eigenvalue weighted by Crippen LogP contribution is 2.29. The number of nitrogens with zero attached hydrogens (tertiary/aromatic N) is 3.